The van der Waals surface area contributed by atoms with Gasteiger partial charge in [0.25, 0.3) is 0 Å². The van der Waals surface area contributed by atoms with E-state index in [2.05, 4.69) is 11.6 Å². The van der Waals surface area contributed by atoms with E-state index in [-0.39, 0.29) is 15.9 Å². The summed E-state index contributed by atoms with van der Waals surface area (Å²) in [5.74, 6) is -1.13. The number of rotatable bonds is 7. The van der Waals surface area contributed by atoms with Crippen LogP contribution in [-0.4, -0.2) is 26.0 Å². The molecule has 1 aromatic carbocycles. The molecule has 1 aliphatic rings. The van der Waals surface area contributed by atoms with Crippen molar-refractivity contribution in [3.05, 3.63) is 29.8 Å². The fourth-order valence-electron chi connectivity index (χ4n) is 2.35. The predicted octanol–water partition coefficient (Wildman–Crippen LogP) is 2.24. The van der Waals surface area contributed by atoms with Crippen LogP contribution in [0.15, 0.2) is 29.2 Å². The highest BCUT2D eigenvalue weighted by atomic mass is 32.2. The zero-order valence-electron chi connectivity index (χ0n) is 11.4. The minimum atomic E-state index is -3.64. The van der Waals surface area contributed by atoms with Crippen molar-refractivity contribution in [2.45, 2.75) is 37.5 Å². The first-order valence-corrected chi connectivity index (χ1v) is 8.20. The van der Waals surface area contributed by atoms with E-state index < -0.39 is 16.0 Å². The van der Waals surface area contributed by atoms with Crippen molar-refractivity contribution in [2.24, 2.45) is 5.41 Å². The van der Waals surface area contributed by atoms with Crippen molar-refractivity contribution < 1.29 is 18.3 Å². The Morgan fingerprint density at radius 2 is 2.10 bits per heavy atom. The van der Waals surface area contributed by atoms with Gasteiger partial charge in [0.05, 0.1) is 10.5 Å². The second-order valence-corrected chi connectivity index (χ2v) is 7.17. The molecule has 0 atom stereocenters. The monoisotopic (exact) mass is 297 g/mol. The van der Waals surface area contributed by atoms with E-state index in [4.69, 9.17) is 5.11 Å². The van der Waals surface area contributed by atoms with E-state index in [0.29, 0.717) is 6.54 Å². The highest BCUT2D eigenvalue weighted by Gasteiger charge is 2.42. The molecule has 1 fully saturated rings. The lowest BCUT2D eigenvalue weighted by molar-refractivity contribution is 0.0696. The Morgan fingerprint density at radius 1 is 1.40 bits per heavy atom. The van der Waals surface area contributed by atoms with Crippen molar-refractivity contribution in [1.29, 1.82) is 0 Å². The van der Waals surface area contributed by atoms with Gasteiger partial charge in [-0.3, -0.25) is 0 Å². The van der Waals surface area contributed by atoms with Crippen LogP contribution in [0.2, 0.25) is 0 Å². The molecule has 0 spiro atoms. The standard InChI is InChI=1S/C14H19NO4S/c1-2-6-14(7-8-14)10-15-20(18,19)12-5-3-4-11(9-12)13(16)17/h3-5,9,15H,2,6-8,10H2,1H3,(H,16,17). The summed E-state index contributed by atoms with van der Waals surface area (Å²) in [6, 6.07) is 5.41. The van der Waals surface area contributed by atoms with Crippen LogP contribution in [-0.2, 0) is 10.0 Å². The number of nitrogens with one attached hydrogen (secondary N) is 1. The maximum absolute atomic E-state index is 12.2. The van der Waals surface area contributed by atoms with Crippen molar-refractivity contribution in [1.82, 2.24) is 4.72 Å². The molecular formula is C14H19NO4S. The van der Waals surface area contributed by atoms with E-state index in [0.717, 1.165) is 25.7 Å². The molecule has 0 saturated heterocycles. The Balaban J connectivity index is 2.10. The molecule has 2 N–H and O–H groups in total. The average molecular weight is 297 g/mol. The largest absolute Gasteiger partial charge is 0.478 e. The lowest BCUT2D eigenvalue weighted by atomic mass is 10.0. The Bertz CT molecular complexity index is 605. The normalized spacial score (nSPS) is 16.9. The first kappa shape index (κ1) is 15.0. The fraction of sp³-hybridized carbons (Fsp3) is 0.500. The van der Waals surface area contributed by atoms with Crippen molar-refractivity contribution in [2.75, 3.05) is 6.54 Å². The van der Waals surface area contributed by atoms with Crippen LogP contribution >= 0.6 is 0 Å². The van der Waals surface area contributed by atoms with Crippen LogP contribution in [0.4, 0.5) is 0 Å². The first-order chi connectivity index (χ1) is 9.38. The van der Waals surface area contributed by atoms with Crippen molar-refractivity contribution >= 4 is 16.0 Å². The number of hydrogen-bond donors (Lipinski definition) is 2. The van der Waals surface area contributed by atoms with Crippen LogP contribution in [0.5, 0.6) is 0 Å². The number of aromatic carboxylic acids is 1. The van der Waals surface area contributed by atoms with Gasteiger partial charge in [-0.2, -0.15) is 0 Å². The van der Waals surface area contributed by atoms with Gasteiger partial charge < -0.3 is 5.11 Å². The first-order valence-electron chi connectivity index (χ1n) is 6.72. The molecule has 0 heterocycles. The zero-order chi connectivity index (χ0) is 14.8. The Hall–Kier alpha value is -1.40. The highest BCUT2D eigenvalue weighted by Crippen LogP contribution is 2.49. The Labute approximate surface area is 119 Å². The van der Waals surface area contributed by atoms with Crippen LogP contribution in [0.3, 0.4) is 0 Å². The third-order valence-electron chi connectivity index (χ3n) is 3.77. The Morgan fingerprint density at radius 3 is 2.65 bits per heavy atom. The number of carbonyl (C=O) groups is 1. The summed E-state index contributed by atoms with van der Waals surface area (Å²) >= 11 is 0. The topological polar surface area (TPSA) is 83.5 Å². The molecule has 0 unspecified atom stereocenters. The van der Waals surface area contributed by atoms with Gasteiger partial charge in [0.15, 0.2) is 0 Å². The molecule has 0 aromatic heterocycles. The van der Waals surface area contributed by atoms with Gasteiger partial charge in [0, 0.05) is 6.54 Å². The Kier molecular flexibility index (Phi) is 4.15. The van der Waals surface area contributed by atoms with E-state index in [9.17, 15) is 13.2 Å². The van der Waals surface area contributed by atoms with Gasteiger partial charge in [-0.1, -0.05) is 19.4 Å². The van der Waals surface area contributed by atoms with E-state index in [1.54, 1.807) is 0 Å². The second-order valence-electron chi connectivity index (χ2n) is 5.41. The molecule has 0 aliphatic heterocycles. The van der Waals surface area contributed by atoms with Gasteiger partial charge in [-0.05, 0) is 42.9 Å². The fourth-order valence-corrected chi connectivity index (χ4v) is 3.55. The quantitative estimate of drug-likeness (QED) is 0.808. The lowest BCUT2D eigenvalue weighted by Crippen LogP contribution is -2.30. The molecule has 0 bridgehead atoms. The lowest BCUT2D eigenvalue weighted by Gasteiger charge is -2.15. The predicted molar refractivity (Wildman–Crippen MR) is 75.2 cm³/mol. The van der Waals surface area contributed by atoms with Crippen molar-refractivity contribution in [3.63, 3.8) is 0 Å². The summed E-state index contributed by atoms with van der Waals surface area (Å²) in [4.78, 5) is 10.9. The summed E-state index contributed by atoms with van der Waals surface area (Å²) in [5, 5.41) is 8.90. The molecule has 0 amide bonds. The number of hydrogen-bond acceptors (Lipinski definition) is 3. The van der Waals surface area contributed by atoms with Gasteiger partial charge in [-0.15, -0.1) is 0 Å². The maximum atomic E-state index is 12.2. The molecule has 0 radical (unpaired) electrons. The third kappa shape index (κ3) is 3.37. The zero-order valence-corrected chi connectivity index (χ0v) is 12.2. The maximum Gasteiger partial charge on any atom is 0.335 e. The highest BCUT2D eigenvalue weighted by molar-refractivity contribution is 7.89. The molecule has 5 nitrogen and oxygen atoms in total. The van der Waals surface area contributed by atoms with Gasteiger partial charge in [0.2, 0.25) is 10.0 Å². The van der Waals surface area contributed by atoms with E-state index >= 15 is 0 Å². The summed E-state index contributed by atoms with van der Waals surface area (Å²) in [7, 11) is -3.64. The summed E-state index contributed by atoms with van der Waals surface area (Å²) in [5.41, 5.74) is 0.0919. The minimum Gasteiger partial charge on any atom is -0.478 e. The average Bonchev–Trinajstić information content (AvgIpc) is 3.18. The molecular weight excluding hydrogens is 278 g/mol. The van der Waals surface area contributed by atoms with Gasteiger partial charge in [-0.25, -0.2) is 17.9 Å². The number of benzene rings is 1. The minimum absolute atomic E-state index is 0.00435. The number of carboxylic acid groups (broad SMARTS) is 1. The van der Waals surface area contributed by atoms with Gasteiger partial charge in [0.1, 0.15) is 0 Å². The van der Waals surface area contributed by atoms with Crippen LogP contribution < -0.4 is 4.72 Å². The SMILES string of the molecule is CCCC1(CNS(=O)(=O)c2cccc(C(=O)O)c2)CC1. The van der Waals surface area contributed by atoms with Crippen LogP contribution in [0, 0.1) is 5.41 Å². The summed E-state index contributed by atoms with van der Waals surface area (Å²) in [6.07, 6.45) is 4.16. The van der Waals surface area contributed by atoms with E-state index in [1.165, 1.54) is 24.3 Å². The van der Waals surface area contributed by atoms with Crippen molar-refractivity contribution in [3.8, 4) is 0 Å². The smallest absolute Gasteiger partial charge is 0.335 e. The van der Waals surface area contributed by atoms with E-state index in [1.807, 2.05) is 0 Å². The second kappa shape index (κ2) is 5.54. The molecule has 20 heavy (non-hydrogen) atoms. The summed E-state index contributed by atoms with van der Waals surface area (Å²) in [6.45, 7) is 2.52. The molecule has 110 valence electrons. The number of sulfonamides is 1. The van der Waals surface area contributed by atoms with Gasteiger partial charge >= 0.3 is 5.97 Å². The summed E-state index contributed by atoms with van der Waals surface area (Å²) < 4.78 is 27.0. The van der Waals surface area contributed by atoms with Crippen LogP contribution in [0.25, 0.3) is 0 Å². The molecule has 6 heteroatoms. The molecule has 1 saturated carbocycles. The van der Waals surface area contributed by atoms with Crippen LogP contribution in [0.1, 0.15) is 43.0 Å². The molecule has 1 aromatic rings. The third-order valence-corrected chi connectivity index (χ3v) is 5.16. The molecule has 1 aliphatic carbocycles. The number of carboxylic acids is 1. The molecule has 2 rings (SSSR count).